The SMILES string of the molecule is CCOc1ccc(C(N)c2cc(C)ccc2F)cc1Br. The first-order valence-corrected chi connectivity index (χ1v) is 7.26. The molecule has 0 bridgehead atoms. The number of aryl methyl sites for hydroxylation is 1. The van der Waals surface area contributed by atoms with Gasteiger partial charge in [0.15, 0.2) is 0 Å². The van der Waals surface area contributed by atoms with E-state index in [1.807, 2.05) is 32.0 Å². The van der Waals surface area contributed by atoms with E-state index in [4.69, 9.17) is 10.5 Å². The highest BCUT2D eigenvalue weighted by Gasteiger charge is 2.15. The van der Waals surface area contributed by atoms with Crippen LogP contribution in [0.2, 0.25) is 0 Å². The molecule has 20 heavy (non-hydrogen) atoms. The van der Waals surface area contributed by atoms with Gasteiger partial charge in [-0.2, -0.15) is 0 Å². The molecular formula is C16H17BrFNO. The molecule has 0 saturated heterocycles. The zero-order valence-electron chi connectivity index (χ0n) is 11.5. The normalized spacial score (nSPS) is 12.2. The molecule has 0 fully saturated rings. The van der Waals surface area contributed by atoms with Crippen molar-refractivity contribution >= 4 is 15.9 Å². The van der Waals surface area contributed by atoms with Crippen LogP contribution in [0.1, 0.15) is 29.7 Å². The summed E-state index contributed by atoms with van der Waals surface area (Å²) in [7, 11) is 0. The molecule has 2 nitrogen and oxygen atoms in total. The Morgan fingerprint density at radius 3 is 2.65 bits per heavy atom. The number of benzene rings is 2. The van der Waals surface area contributed by atoms with Crippen molar-refractivity contribution in [1.29, 1.82) is 0 Å². The van der Waals surface area contributed by atoms with Gasteiger partial charge in [-0.15, -0.1) is 0 Å². The molecule has 4 heteroatoms. The second-order valence-corrected chi connectivity index (χ2v) is 5.48. The highest BCUT2D eigenvalue weighted by molar-refractivity contribution is 9.10. The smallest absolute Gasteiger partial charge is 0.133 e. The van der Waals surface area contributed by atoms with Crippen LogP contribution < -0.4 is 10.5 Å². The van der Waals surface area contributed by atoms with Crippen molar-refractivity contribution in [2.75, 3.05) is 6.61 Å². The lowest BCUT2D eigenvalue weighted by molar-refractivity contribution is 0.338. The van der Waals surface area contributed by atoms with Gasteiger partial charge < -0.3 is 10.5 Å². The Kier molecular flexibility index (Phi) is 4.78. The van der Waals surface area contributed by atoms with Gasteiger partial charge in [0.1, 0.15) is 11.6 Å². The Bertz CT molecular complexity index is 615. The minimum absolute atomic E-state index is 0.284. The van der Waals surface area contributed by atoms with Crippen molar-refractivity contribution in [1.82, 2.24) is 0 Å². The van der Waals surface area contributed by atoms with Crippen molar-refractivity contribution in [2.24, 2.45) is 5.73 Å². The third-order valence-corrected chi connectivity index (χ3v) is 3.72. The second-order valence-electron chi connectivity index (χ2n) is 4.63. The maximum absolute atomic E-state index is 13.9. The number of rotatable bonds is 4. The molecule has 106 valence electrons. The van der Waals surface area contributed by atoms with E-state index in [1.165, 1.54) is 6.07 Å². The van der Waals surface area contributed by atoms with E-state index in [2.05, 4.69) is 15.9 Å². The molecule has 0 radical (unpaired) electrons. The molecule has 2 rings (SSSR count). The molecule has 2 aromatic rings. The molecular weight excluding hydrogens is 321 g/mol. The van der Waals surface area contributed by atoms with Gasteiger partial charge in [-0.05, 0) is 53.5 Å². The quantitative estimate of drug-likeness (QED) is 0.900. The average Bonchev–Trinajstić information content (AvgIpc) is 2.43. The number of nitrogens with two attached hydrogens (primary N) is 1. The number of ether oxygens (including phenoxy) is 1. The zero-order chi connectivity index (χ0) is 14.7. The van der Waals surface area contributed by atoms with Crippen LogP contribution in [0, 0.1) is 12.7 Å². The summed E-state index contributed by atoms with van der Waals surface area (Å²) in [5.74, 6) is 0.473. The maximum Gasteiger partial charge on any atom is 0.133 e. The largest absolute Gasteiger partial charge is 0.493 e. The molecule has 0 aromatic heterocycles. The molecule has 2 aromatic carbocycles. The van der Waals surface area contributed by atoms with Crippen LogP contribution in [0.3, 0.4) is 0 Å². The van der Waals surface area contributed by atoms with E-state index in [1.54, 1.807) is 12.1 Å². The van der Waals surface area contributed by atoms with Gasteiger partial charge in [-0.1, -0.05) is 23.8 Å². The maximum atomic E-state index is 13.9. The van der Waals surface area contributed by atoms with Crippen molar-refractivity contribution in [3.63, 3.8) is 0 Å². The van der Waals surface area contributed by atoms with Gasteiger partial charge in [-0.25, -0.2) is 4.39 Å². The lowest BCUT2D eigenvalue weighted by Crippen LogP contribution is -2.14. The number of hydrogen-bond donors (Lipinski definition) is 1. The third-order valence-electron chi connectivity index (χ3n) is 3.10. The first-order chi connectivity index (χ1) is 9.52. The monoisotopic (exact) mass is 337 g/mol. The highest BCUT2D eigenvalue weighted by atomic mass is 79.9. The number of halogens is 2. The van der Waals surface area contributed by atoms with Gasteiger partial charge in [0.05, 0.1) is 17.1 Å². The van der Waals surface area contributed by atoms with Gasteiger partial charge >= 0.3 is 0 Å². The molecule has 1 unspecified atom stereocenters. The van der Waals surface area contributed by atoms with E-state index in [9.17, 15) is 4.39 Å². The molecule has 0 aliphatic heterocycles. The summed E-state index contributed by atoms with van der Waals surface area (Å²) in [6.45, 7) is 4.44. The fraction of sp³-hybridized carbons (Fsp3) is 0.250. The summed E-state index contributed by atoms with van der Waals surface area (Å²) in [4.78, 5) is 0. The highest BCUT2D eigenvalue weighted by Crippen LogP contribution is 2.30. The Labute approximate surface area is 126 Å². The van der Waals surface area contributed by atoms with Crippen LogP contribution in [-0.2, 0) is 0 Å². The topological polar surface area (TPSA) is 35.2 Å². The first kappa shape index (κ1) is 15.0. The molecule has 2 N–H and O–H groups in total. The van der Waals surface area contributed by atoms with Gasteiger partial charge in [0.2, 0.25) is 0 Å². The van der Waals surface area contributed by atoms with Gasteiger partial charge in [-0.3, -0.25) is 0 Å². The molecule has 0 spiro atoms. The average molecular weight is 338 g/mol. The lowest BCUT2D eigenvalue weighted by Gasteiger charge is -2.16. The van der Waals surface area contributed by atoms with Gasteiger partial charge in [0, 0.05) is 5.56 Å². The van der Waals surface area contributed by atoms with E-state index in [0.29, 0.717) is 12.2 Å². The zero-order valence-corrected chi connectivity index (χ0v) is 13.1. The van der Waals surface area contributed by atoms with Crippen LogP contribution in [0.25, 0.3) is 0 Å². The minimum atomic E-state index is -0.498. The fourth-order valence-corrected chi connectivity index (χ4v) is 2.58. The number of hydrogen-bond acceptors (Lipinski definition) is 2. The van der Waals surface area contributed by atoms with Crippen molar-refractivity contribution < 1.29 is 9.13 Å². The summed E-state index contributed by atoms with van der Waals surface area (Å²) in [6.07, 6.45) is 0. The van der Waals surface area contributed by atoms with Crippen LogP contribution in [0.15, 0.2) is 40.9 Å². The second kappa shape index (κ2) is 6.37. The summed E-state index contributed by atoms with van der Waals surface area (Å²) in [5, 5.41) is 0. The Morgan fingerprint density at radius 1 is 1.25 bits per heavy atom. The molecule has 0 aliphatic carbocycles. The molecule has 0 saturated carbocycles. The summed E-state index contributed by atoms with van der Waals surface area (Å²) >= 11 is 3.45. The van der Waals surface area contributed by atoms with E-state index >= 15 is 0 Å². The summed E-state index contributed by atoms with van der Waals surface area (Å²) in [5.41, 5.74) is 8.50. The predicted octanol–water partition coefficient (Wildman–Crippen LogP) is 4.34. The predicted molar refractivity (Wildman–Crippen MR) is 82.5 cm³/mol. The van der Waals surface area contributed by atoms with Crippen molar-refractivity contribution in [3.8, 4) is 5.75 Å². The van der Waals surface area contributed by atoms with E-state index in [0.717, 1.165) is 21.3 Å². The Hall–Kier alpha value is -1.39. The summed E-state index contributed by atoms with van der Waals surface area (Å²) < 4.78 is 20.2. The molecule has 1 atom stereocenters. The fourth-order valence-electron chi connectivity index (χ4n) is 2.06. The van der Waals surface area contributed by atoms with E-state index in [-0.39, 0.29) is 5.82 Å². The summed E-state index contributed by atoms with van der Waals surface area (Å²) in [6, 6.07) is 10.1. The standard InChI is InChI=1S/C16H17BrFNO/c1-3-20-15-7-5-11(9-13(15)17)16(19)12-8-10(2)4-6-14(12)18/h4-9,16H,3,19H2,1-2H3. The third kappa shape index (κ3) is 3.19. The van der Waals surface area contributed by atoms with E-state index < -0.39 is 6.04 Å². The van der Waals surface area contributed by atoms with Crippen LogP contribution in [0.4, 0.5) is 4.39 Å². The van der Waals surface area contributed by atoms with Crippen molar-refractivity contribution in [2.45, 2.75) is 19.9 Å². The van der Waals surface area contributed by atoms with Crippen LogP contribution >= 0.6 is 15.9 Å². The Balaban J connectivity index is 2.35. The molecule has 0 aliphatic rings. The Morgan fingerprint density at radius 2 is 2.00 bits per heavy atom. The lowest BCUT2D eigenvalue weighted by atomic mass is 9.97. The van der Waals surface area contributed by atoms with Crippen LogP contribution in [-0.4, -0.2) is 6.61 Å². The molecule has 0 heterocycles. The van der Waals surface area contributed by atoms with Crippen molar-refractivity contribution in [3.05, 3.63) is 63.4 Å². The molecule has 0 amide bonds. The van der Waals surface area contributed by atoms with Crippen LogP contribution in [0.5, 0.6) is 5.75 Å². The first-order valence-electron chi connectivity index (χ1n) is 6.46. The minimum Gasteiger partial charge on any atom is -0.493 e. The van der Waals surface area contributed by atoms with Gasteiger partial charge in [0.25, 0.3) is 0 Å².